The Morgan fingerprint density at radius 2 is 2.40 bits per heavy atom. The first-order chi connectivity index (χ1) is 7.36. The Hall–Kier alpha value is 0.320. The zero-order valence-corrected chi connectivity index (χ0v) is 11.4. The fourth-order valence-corrected chi connectivity index (χ4v) is 3.11. The van der Waals surface area contributed by atoms with Gasteiger partial charge in [0.15, 0.2) is 0 Å². The van der Waals surface area contributed by atoms with Crippen LogP contribution >= 0.6 is 35.1 Å². The fraction of sp³-hybridized carbons (Fsp3) is 0.600. The molecule has 0 N–H and O–H groups in total. The smallest absolute Gasteiger partial charge is 0.0914 e. The van der Waals surface area contributed by atoms with Gasteiger partial charge in [0, 0.05) is 28.9 Å². The van der Waals surface area contributed by atoms with E-state index in [4.69, 9.17) is 8.92 Å². The average Bonchev–Trinajstić information content (AvgIpc) is 2.75. The molecule has 15 heavy (non-hydrogen) atoms. The quantitative estimate of drug-likeness (QED) is 0.528. The minimum absolute atomic E-state index is 0.187. The minimum Gasteiger partial charge on any atom is -0.375 e. The van der Waals surface area contributed by atoms with E-state index in [0.717, 1.165) is 12.4 Å². The lowest BCUT2D eigenvalue weighted by Crippen LogP contribution is -2.21. The first-order valence-corrected chi connectivity index (χ1v) is 7.86. The topological polar surface area (TPSA) is 18.5 Å². The molecule has 86 valence electrons. The van der Waals surface area contributed by atoms with Crippen molar-refractivity contribution in [3.63, 3.8) is 0 Å². The van der Waals surface area contributed by atoms with Crippen molar-refractivity contribution in [3.05, 3.63) is 16.8 Å². The van der Waals surface area contributed by atoms with Crippen LogP contribution in [0.5, 0.6) is 0 Å². The van der Waals surface area contributed by atoms with Crippen molar-refractivity contribution in [3.8, 4) is 0 Å². The molecule has 0 saturated heterocycles. The van der Waals surface area contributed by atoms with Gasteiger partial charge in [0.2, 0.25) is 0 Å². The predicted octanol–water partition coefficient (Wildman–Crippen LogP) is 3.54. The van der Waals surface area contributed by atoms with Crippen LogP contribution in [0.3, 0.4) is 0 Å². The molecule has 1 aromatic heterocycles. The van der Waals surface area contributed by atoms with E-state index in [1.54, 1.807) is 11.3 Å². The number of hydrogen-bond donors (Lipinski definition) is 0. The number of rotatable bonds is 8. The van der Waals surface area contributed by atoms with Crippen molar-refractivity contribution in [2.45, 2.75) is 17.9 Å². The summed E-state index contributed by atoms with van der Waals surface area (Å²) < 4.78 is 10.9. The van der Waals surface area contributed by atoms with Gasteiger partial charge < -0.3 is 8.92 Å². The highest BCUT2D eigenvalue weighted by molar-refractivity contribution is 7.99. The van der Waals surface area contributed by atoms with Gasteiger partial charge in [0.1, 0.15) is 0 Å². The Bertz CT molecular complexity index is 239. The predicted molar refractivity (Wildman–Crippen MR) is 69.9 cm³/mol. The molecule has 1 aromatic rings. The largest absolute Gasteiger partial charge is 0.375 e. The summed E-state index contributed by atoms with van der Waals surface area (Å²) >= 11 is 4.94. The first kappa shape index (κ1) is 13.4. The van der Waals surface area contributed by atoms with Crippen LogP contribution in [0.25, 0.3) is 0 Å². The van der Waals surface area contributed by atoms with Gasteiger partial charge in [-0.1, -0.05) is 0 Å². The number of thioether (sulfide) groups is 1. The molecule has 0 aliphatic carbocycles. The van der Waals surface area contributed by atoms with Crippen molar-refractivity contribution in [1.29, 1.82) is 0 Å². The second-order valence-electron chi connectivity index (χ2n) is 2.80. The highest BCUT2D eigenvalue weighted by Gasteiger charge is 2.09. The Morgan fingerprint density at radius 3 is 3.00 bits per heavy atom. The molecule has 0 radical (unpaired) electrons. The van der Waals surface area contributed by atoms with E-state index in [0.29, 0.717) is 6.61 Å². The second kappa shape index (κ2) is 8.47. The van der Waals surface area contributed by atoms with E-state index in [1.807, 2.05) is 24.9 Å². The van der Waals surface area contributed by atoms with Gasteiger partial charge in [-0.3, -0.25) is 0 Å². The monoisotopic (exact) mass is 264 g/mol. The summed E-state index contributed by atoms with van der Waals surface area (Å²) in [6.45, 7) is 3.42. The van der Waals surface area contributed by atoms with Crippen LogP contribution in [-0.4, -0.2) is 31.3 Å². The standard InChI is InChI=1S/C10H16O2S3/c1-3-11-9(6-12-13-2)7-15-10-4-5-14-8-10/h4-5,8-9H,3,6-7H2,1-2H3. The molecule has 1 heterocycles. The number of hydrogen-bond acceptors (Lipinski definition) is 5. The zero-order chi connectivity index (χ0) is 10.9. The van der Waals surface area contributed by atoms with Gasteiger partial charge in [-0.15, -0.1) is 11.8 Å². The van der Waals surface area contributed by atoms with E-state index < -0.39 is 0 Å². The summed E-state index contributed by atoms with van der Waals surface area (Å²) in [5.41, 5.74) is 0. The molecule has 5 heteroatoms. The molecule has 0 aromatic carbocycles. The van der Waals surface area contributed by atoms with E-state index in [9.17, 15) is 0 Å². The lowest BCUT2D eigenvalue weighted by atomic mass is 10.4. The van der Waals surface area contributed by atoms with Gasteiger partial charge >= 0.3 is 0 Å². The van der Waals surface area contributed by atoms with E-state index in [1.165, 1.54) is 16.9 Å². The van der Waals surface area contributed by atoms with Crippen molar-refractivity contribution < 1.29 is 8.92 Å². The third kappa shape index (κ3) is 5.82. The third-order valence-corrected chi connectivity index (χ3v) is 4.04. The Kier molecular flexibility index (Phi) is 7.56. The lowest BCUT2D eigenvalue weighted by Gasteiger charge is -2.15. The molecule has 0 spiro atoms. The molecule has 0 aliphatic heterocycles. The minimum atomic E-state index is 0.187. The van der Waals surface area contributed by atoms with Gasteiger partial charge in [-0.25, -0.2) is 0 Å². The van der Waals surface area contributed by atoms with Crippen molar-refractivity contribution in [2.24, 2.45) is 0 Å². The van der Waals surface area contributed by atoms with E-state index >= 15 is 0 Å². The van der Waals surface area contributed by atoms with Crippen LogP contribution in [0.1, 0.15) is 6.92 Å². The van der Waals surface area contributed by atoms with Crippen LogP contribution in [0, 0.1) is 0 Å². The Morgan fingerprint density at radius 1 is 1.53 bits per heavy atom. The summed E-state index contributed by atoms with van der Waals surface area (Å²) in [6, 6.07) is 2.13. The summed E-state index contributed by atoms with van der Waals surface area (Å²) in [5, 5.41) is 4.25. The van der Waals surface area contributed by atoms with Crippen LogP contribution in [0.15, 0.2) is 21.7 Å². The number of ether oxygens (including phenoxy) is 1. The molecular formula is C10H16O2S3. The SMILES string of the molecule is CCOC(COSC)CSc1ccsc1. The molecule has 0 amide bonds. The lowest BCUT2D eigenvalue weighted by molar-refractivity contribution is 0.0493. The third-order valence-electron chi connectivity index (χ3n) is 1.71. The summed E-state index contributed by atoms with van der Waals surface area (Å²) in [7, 11) is 0. The molecule has 1 atom stereocenters. The second-order valence-corrected chi connectivity index (χ2v) is 5.24. The summed E-state index contributed by atoms with van der Waals surface area (Å²) in [6.07, 6.45) is 2.11. The Labute approximate surface area is 104 Å². The van der Waals surface area contributed by atoms with Gasteiger partial charge in [0.25, 0.3) is 0 Å². The van der Waals surface area contributed by atoms with Crippen LogP contribution in [0.2, 0.25) is 0 Å². The van der Waals surface area contributed by atoms with E-state index in [-0.39, 0.29) is 6.10 Å². The average molecular weight is 264 g/mol. The van der Waals surface area contributed by atoms with Crippen LogP contribution in [0.4, 0.5) is 0 Å². The highest BCUT2D eigenvalue weighted by Crippen LogP contribution is 2.22. The molecule has 1 rings (SSSR count). The van der Waals surface area contributed by atoms with Gasteiger partial charge in [-0.05, 0) is 30.4 Å². The van der Waals surface area contributed by atoms with Gasteiger partial charge in [0.05, 0.1) is 12.7 Å². The van der Waals surface area contributed by atoms with Crippen molar-refractivity contribution in [2.75, 3.05) is 25.2 Å². The molecular weight excluding hydrogens is 248 g/mol. The zero-order valence-electron chi connectivity index (χ0n) is 8.97. The first-order valence-electron chi connectivity index (χ1n) is 4.79. The van der Waals surface area contributed by atoms with E-state index in [2.05, 4.69) is 16.8 Å². The Balaban J connectivity index is 2.24. The van der Waals surface area contributed by atoms with Crippen molar-refractivity contribution in [1.82, 2.24) is 0 Å². The normalized spacial score (nSPS) is 12.9. The van der Waals surface area contributed by atoms with Crippen molar-refractivity contribution >= 4 is 35.1 Å². The maximum atomic E-state index is 5.59. The fourth-order valence-electron chi connectivity index (χ4n) is 1.05. The molecule has 2 nitrogen and oxygen atoms in total. The maximum Gasteiger partial charge on any atom is 0.0914 e. The van der Waals surface area contributed by atoms with Gasteiger partial charge in [-0.2, -0.15) is 11.3 Å². The maximum absolute atomic E-state index is 5.59. The summed E-state index contributed by atoms with van der Waals surface area (Å²) in [5.74, 6) is 0.950. The van der Waals surface area contributed by atoms with Crippen LogP contribution in [-0.2, 0) is 8.92 Å². The molecule has 0 bridgehead atoms. The molecule has 0 saturated carbocycles. The number of thiophene rings is 1. The molecule has 1 unspecified atom stereocenters. The molecule has 0 aliphatic rings. The summed E-state index contributed by atoms with van der Waals surface area (Å²) in [4.78, 5) is 1.31. The van der Waals surface area contributed by atoms with Crippen LogP contribution < -0.4 is 0 Å². The highest BCUT2D eigenvalue weighted by atomic mass is 32.2. The molecule has 0 fully saturated rings.